The Bertz CT molecular complexity index is 1440. The van der Waals surface area contributed by atoms with Gasteiger partial charge in [-0.3, -0.25) is 9.88 Å². The van der Waals surface area contributed by atoms with E-state index >= 15 is 0 Å². The molecular formula is C30H30F6N4OS. The summed E-state index contributed by atoms with van der Waals surface area (Å²) in [5.74, 6) is 1.54. The molecule has 3 aromatic rings. The highest BCUT2D eigenvalue weighted by atomic mass is 32.1. The van der Waals surface area contributed by atoms with Crippen LogP contribution in [0, 0.1) is 11.8 Å². The first-order chi connectivity index (χ1) is 19.9. The molecule has 0 aliphatic carbocycles. The summed E-state index contributed by atoms with van der Waals surface area (Å²) in [5.41, 5.74) is -1.71. The van der Waals surface area contributed by atoms with Crippen LogP contribution < -0.4 is 15.4 Å². The standard InChI is InChI=1S/C30H30F6N4OS/c1-3-17-16-40-9-7-18(17)10-22(40)14-27(24-6-8-37-26-5-4-23(41-2)15-25(24)26)39-28(42)38-21-12-19(29(31,32)33)11-20(13-21)30(34,35)36/h3-6,8,11-13,15,17-18,22,27H,1,7,9-10,14,16H2,2H3,(H2,38,39,42)/t17?,18?,22?,27-/m0/s1. The molecule has 0 radical (unpaired) electrons. The first kappa shape index (κ1) is 30.1. The Balaban J connectivity index is 1.47. The number of fused-ring (bicyclic) bond motifs is 4. The first-order valence-electron chi connectivity index (χ1n) is 13.5. The van der Waals surface area contributed by atoms with Crippen molar-refractivity contribution >= 4 is 33.9 Å². The molecule has 42 heavy (non-hydrogen) atoms. The topological polar surface area (TPSA) is 49.4 Å². The maximum Gasteiger partial charge on any atom is 0.416 e. The van der Waals surface area contributed by atoms with Gasteiger partial charge in [0, 0.05) is 29.9 Å². The van der Waals surface area contributed by atoms with Gasteiger partial charge < -0.3 is 15.4 Å². The lowest BCUT2D eigenvalue weighted by molar-refractivity contribution is -0.143. The molecule has 4 heterocycles. The van der Waals surface area contributed by atoms with Gasteiger partial charge >= 0.3 is 12.4 Å². The van der Waals surface area contributed by atoms with Crippen LogP contribution in [0.3, 0.4) is 0 Å². The normalized spacial score (nSPS) is 22.9. The maximum absolute atomic E-state index is 13.4. The van der Waals surface area contributed by atoms with Crippen LogP contribution in [0.25, 0.3) is 10.9 Å². The number of halogens is 6. The Morgan fingerprint density at radius 1 is 1.12 bits per heavy atom. The summed E-state index contributed by atoms with van der Waals surface area (Å²) in [6.07, 6.45) is -3.63. The zero-order valence-electron chi connectivity index (χ0n) is 22.7. The third kappa shape index (κ3) is 6.49. The second-order valence-corrected chi connectivity index (χ2v) is 11.2. The SMILES string of the molecule is C=CC1CN2CCC1CC2C[C@H](NC(=S)Nc1cc(C(F)(F)F)cc(C(F)(F)F)c1)c1ccnc2ccc(OC)cc12. The second-order valence-electron chi connectivity index (χ2n) is 10.8. The van der Waals surface area contributed by atoms with Gasteiger partial charge in [0.15, 0.2) is 5.11 Å². The molecule has 3 saturated heterocycles. The average Bonchev–Trinajstić information content (AvgIpc) is 2.95. The molecule has 1 aromatic heterocycles. The molecule has 3 aliphatic heterocycles. The van der Waals surface area contributed by atoms with Crippen LogP contribution in [0.15, 0.2) is 61.3 Å². The molecule has 2 N–H and O–H groups in total. The van der Waals surface area contributed by atoms with Gasteiger partial charge in [0.05, 0.1) is 29.8 Å². The van der Waals surface area contributed by atoms with E-state index in [-0.39, 0.29) is 17.2 Å². The van der Waals surface area contributed by atoms with Crippen molar-refractivity contribution in [2.45, 2.75) is 43.7 Å². The molecule has 5 nitrogen and oxygen atoms in total. The van der Waals surface area contributed by atoms with E-state index in [2.05, 4.69) is 27.1 Å². The molecule has 0 amide bonds. The molecular weight excluding hydrogens is 578 g/mol. The summed E-state index contributed by atoms with van der Waals surface area (Å²) in [4.78, 5) is 6.87. The highest BCUT2D eigenvalue weighted by Crippen LogP contribution is 2.41. The highest BCUT2D eigenvalue weighted by molar-refractivity contribution is 7.80. The number of piperidine rings is 3. The largest absolute Gasteiger partial charge is 0.497 e. The van der Waals surface area contributed by atoms with Gasteiger partial charge in [-0.15, -0.1) is 6.58 Å². The Morgan fingerprint density at radius 3 is 2.43 bits per heavy atom. The summed E-state index contributed by atoms with van der Waals surface area (Å²) in [5, 5.41) is 6.48. The predicted octanol–water partition coefficient (Wildman–Crippen LogP) is 7.60. The van der Waals surface area contributed by atoms with E-state index in [4.69, 9.17) is 17.0 Å². The van der Waals surface area contributed by atoms with Gasteiger partial charge in [0.1, 0.15) is 5.75 Å². The second kappa shape index (κ2) is 11.7. The van der Waals surface area contributed by atoms with E-state index < -0.39 is 35.2 Å². The number of alkyl halides is 6. The van der Waals surface area contributed by atoms with E-state index in [1.165, 1.54) is 0 Å². The quantitative estimate of drug-likeness (QED) is 0.164. The van der Waals surface area contributed by atoms with E-state index in [1.54, 1.807) is 19.4 Å². The molecule has 224 valence electrons. The lowest BCUT2D eigenvalue weighted by atomic mass is 9.74. The number of ether oxygens (including phenoxy) is 1. The summed E-state index contributed by atoms with van der Waals surface area (Å²) in [7, 11) is 1.55. The van der Waals surface area contributed by atoms with Gasteiger partial charge in [-0.05, 0) is 97.9 Å². The fourth-order valence-electron chi connectivity index (χ4n) is 6.16. The van der Waals surface area contributed by atoms with Crippen molar-refractivity contribution in [3.63, 3.8) is 0 Å². The van der Waals surface area contributed by atoms with Crippen LogP contribution in [0.5, 0.6) is 5.75 Å². The van der Waals surface area contributed by atoms with Crippen molar-refractivity contribution in [2.24, 2.45) is 11.8 Å². The van der Waals surface area contributed by atoms with Crippen LogP contribution in [-0.2, 0) is 12.4 Å². The van der Waals surface area contributed by atoms with E-state index in [9.17, 15) is 26.3 Å². The number of methoxy groups -OCH3 is 1. The molecule has 12 heteroatoms. The molecule has 6 rings (SSSR count). The fourth-order valence-corrected chi connectivity index (χ4v) is 6.42. The van der Waals surface area contributed by atoms with Gasteiger partial charge in [-0.25, -0.2) is 0 Å². The Labute approximate surface area is 244 Å². The monoisotopic (exact) mass is 608 g/mol. The summed E-state index contributed by atoms with van der Waals surface area (Å²) in [6, 6.07) is 8.40. The Hall–Kier alpha value is -3.38. The van der Waals surface area contributed by atoms with Crippen molar-refractivity contribution in [3.8, 4) is 5.75 Å². The highest BCUT2D eigenvalue weighted by Gasteiger charge is 2.40. The minimum absolute atomic E-state index is 0.0873. The molecule has 3 fully saturated rings. The van der Waals surface area contributed by atoms with Crippen molar-refractivity contribution < 1.29 is 31.1 Å². The number of thiocarbonyl (C=S) groups is 1. The van der Waals surface area contributed by atoms with Crippen molar-refractivity contribution in [1.29, 1.82) is 0 Å². The van der Waals surface area contributed by atoms with Crippen LogP contribution in [0.4, 0.5) is 32.0 Å². The van der Waals surface area contributed by atoms with Crippen LogP contribution in [0.1, 0.15) is 42.0 Å². The number of hydrogen-bond donors (Lipinski definition) is 2. The summed E-state index contributed by atoms with van der Waals surface area (Å²) < 4.78 is 86.0. The third-order valence-electron chi connectivity index (χ3n) is 8.25. The van der Waals surface area contributed by atoms with Gasteiger partial charge in [0.2, 0.25) is 0 Å². The number of hydrogen-bond acceptors (Lipinski definition) is 4. The molecule has 3 aliphatic rings. The van der Waals surface area contributed by atoms with Crippen molar-refractivity contribution in [2.75, 3.05) is 25.5 Å². The number of rotatable bonds is 7. The lowest BCUT2D eigenvalue weighted by Gasteiger charge is -2.50. The van der Waals surface area contributed by atoms with Gasteiger partial charge in [0.25, 0.3) is 0 Å². The van der Waals surface area contributed by atoms with Crippen LogP contribution >= 0.6 is 12.2 Å². The number of nitrogens with one attached hydrogen (secondary N) is 2. The van der Waals surface area contributed by atoms with E-state index in [1.807, 2.05) is 24.3 Å². The third-order valence-corrected chi connectivity index (χ3v) is 8.47. The number of aromatic nitrogens is 1. The van der Waals surface area contributed by atoms with Gasteiger partial charge in [-0.2, -0.15) is 26.3 Å². The van der Waals surface area contributed by atoms with Crippen LogP contribution in [0.2, 0.25) is 0 Å². The molecule has 5 atom stereocenters. The minimum atomic E-state index is -4.97. The molecule has 2 aromatic carbocycles. The average molecular weight is 609 g/mol. The Kier molecular flexibility index (Phi) is 8.39. The zero-order valence-corrected chi connectivity index (χ0v) is 23.5. The molecule has 2 bridgehead atoms. The van der Waals surface area contributed by atoms with E-state index in [0.29, 0.717) is 41.7 Å². The molecule has 0 saturated carbocycles. The maximum atomic E-state index is 13.4. The fraction of sp³-hybridized carbons (Fsp3) is 0.400. The smallest absolute Gasteiger partial charge is 0.416 e. The Morgan fingerprint density at radius 2 is 1.83 bits per heavy atom. The lowest BCUT2D eigenvalue weighted by Crippen LogP contribution is -2.53. The number of benzene rings is 2. The van der Waals surface area contributed by atoms with E-state index in [0.717, 1.165) is 36.9 Å². The van der Waals surface area contributed by atoms with Gasteiger partial charge in [-0.1, -0.05) is 6.08 Å². The predicted molar refractivity (Wildman–Crippen MR) is 153 cm³/mol. The van der Waals surface area contributed by atoms with Crippen molar-refractivity contribution in [1.82, 2.24) is 15.2 Å². The molecule has 0 spiro atoms. The van der Waals surface area contributed by atoms with Crippen LogP contribution in [-0.4, -0.2) is 41.2 Å². The minimum Gasteiger partial charge on any atom is -0.497 e. The van der Waals surface area contributed by atoms with Crippen molar-refractivity contribution in [3.05, 3.63) is 78.0 Å². The zero-order chi connectivity index (χ0) is 30.2. The number of pyridine rings is 1. The molecule has 4 unspecified atom stereocenters. The number of nitrogens with zero attached hydrogens (tertiary/aromatic N) is 2. The summed E-state index contributed by atoms with van der Waals surface area (Å²) >= 11 is 5.48. The summed E-state index contributed by atoms with van der Waals surface area (Å²) in [6.45, 7) is 5.83. The number of anilines is 1. The first-order valence-corrected chi connectivity index (χ1v) is 13.9.